The molecular formula is C25H11Cl6F6N3O3. The lowest BCUT2D eigenvalue weighted by Gasteiger charge is -2.14. The summed E-state index contributed by atoms with van der Waals surface area (Å²) in [6.07, 6.45) is -5.40. The van der Waals surface area contributed by atoms with E-state index in [9.17, 15) is 40.7 Å². The summed E-state index contributed by atoms with van der Waals surface area (Å²) < 4.78 is 79.7. The Morgan fingerprint density at radius 1 is 0.791 bits per heavy atom. The summed E-state index contributed by atoms with van der Waals surface area (Å²) in [6, 6.07) is 5.32. The van der Waals surface area contributed by atoms with Crippen molar-refractivity contribution in [2.45, 2.75) is 16.4 Å². The van der Waals surface area contributed by atoms with Crippen LogP contribution in [0.25, 0.3) is 0 Å². The highest BCUT2D eigenvalue weighted by molar-refractivity contribution is 6.54. The van der Waals surface area contributed by atoms with Crippen molar-refractivity contribution < 1.29 is 40.7 Å². The van der Waals surface area contributed by atoms with Crippen LogP contribution < -0.4 is 16.0 Å². The standard InChI is InChI=1S/C25H11Cl6F6N3O3/c26-10-3-7(4-11(27)18(10)29)15-16(24(15,30)31)22(42)38-8-5-9(17(28)13(33)6-8)21(41)40-20-12(32)1-2-14(19(20)34)39-23(43)25(35,36)37/h1-6,15-16H,(H,38,42)(H,39,43)(H,40,41)/t15-,16+/m0/s1. The van der Waals surface area contributed by atoms with Gasteiger partial charge in [0.2, 0.25) is 5.91 Å². The van der Waals surface area contributed by atoms with Gasteiger partial charge < -0.3 is 16.0 Å². The molecule has 0 bridgehead atoms. The lowest BCUT2D eigenvalue weighted by molar-refractivity contribution is -0.167. The molecule has 18 heteroatoms. The van der Waals surface area contributed by atoms with Crippen molar-refractivity contribution in [1.29, 1.82) is 0 Å². The van der Waals surface area contributed by atoms with Crippen molar-refractivity contribution in [3.05, 3.63) is 85.1 Å². The van der Waals surface area contributed by atoms with E-state index < -0.39 is 79.5 Å². The summed E-state index contributed by atoms with van der Waals surface area (Å²) in [5, 5.41) is 4.59. The number of carbonyl (C=O) groups is 3. The number of amides is 3. The van der Waals surface area contributed by atoms with Gasteiger partial charge in [-0.2, -0.15) is 13.2 Å². The number of anilines is 3. The number of benzene rings is 3. The summed E-state index contributed by atoms with van der Waals surface area (Å²) in [5.74, 6) is -11.3. The summed E-state index contributed by atoms with van der Waals surface area (Å²) >= 11 is 36.5. The van der Waals surface area contributed by atoms with E-state index in [-0.39, 0.29) is 20.8 Å². The molecule has 1 aliphatic rings. The van der Waals surface area contributed by atoms with Crippen LogP contribution in [-0.2, 0) is 9.59 Å². The molecule has 2 atom stereocenters. The first-order valence-electron chi connectivity index (χ1n) is 11.3. The van der Waals surface area contributed by atoms with E-state index in [0.29, 0.717) is 17.7 Å². The molecule has 6 nitrogen and oxygen atoms in total. The van der Waals surface area contributed by atoms with Crippen molar-refractivity contribution >= 4 is 104 Å². The Kier molecular flexibility index (Phi) is 9.33. The Labute approximate surface area is 267 Å². The van der Waals surface area contributed by atoms with E-state index in [1.54, 1.807) is 5.32 Å². The zero-order valence-corrected chi connectivity index (χ0v) is 24.9. The molecule has 0 saturated heterocycles. The molecule has 1 saturated carbocycles. The van der Waals surface area contributed by atoms with E-state index in [2.05, 4.69) is 5.32 Å². The third-order valence-electron chi connectivity index (χ3n) is 6.08. The molecule has 4 rings (SSSR count). The largest absolute Gasteiger partial charge is 0.471 e. The molecule has 0 spiro atoms. The summed E-state index contributed by atoms with van der Waals surface area (Å²) in [6.45, 7) is 0. The predicted octanol–water partition coefficient (Wildman–Crippen LogP) is 9.00. The highest BCUT2D eigenvalue weighted by atomic mass is 35.5. The first-order chi connectivity index (χ1) is 19.8. The van der Waals surface area contributed by atoms with Crippen molar-refractivity contribution in [1.82, 2.24) is 0 Å². The highest BCUT2D eigenvalue weighted by Gasteiger charge is 2.67. The average Bonchev–Trinajstić information content (AvgIpc) is 3.49. The molecule has 43 heavy (non-hydrogen) atoms. The van der Waals surface area contributed by atoms with Crippen LogP contribution >= 0.6 is 69.6 Å². The Balaban J connectivity index is 1.57. The van der Waals surface area contributed by atoms with Crippen LogP contribution in [0.1, 0.15) is 21.8 Å². The van der Waals surface area contributed by atoms with Gasteiger partial charge in [0.1, 0.15) is 21.7 Å². The average molecular weight is 728 g/mol. The van der Waals surface area contributed by atoms with Gasteiger partial charge in [-0.1, -0.05) is 46.4 Å². The minimum atomic E-state index is -5.40. The monoisotopic (exact) mass is 725 g/mol. The SMILES string of the molecule is O=C(Nc1c(F)ccc(NC(=O)C(F)(F)F)c1F)c1cc(NC(=O)[C@H]2[C@H](c3cc(Cl)c(Cl)c(Cl)c3)C2(Cl)Cl)cc(F)c1Cl. The Morgan fingerprint density at radius 3 is 1.98 bits per heavy atom. The molecule has 3 N–H and O–H groups in total. The second-order valence-electron chi connectivity index (χ2n) is 8.93. The zero-order valence-electron chi connectivity index (χ0n) is 20.4. The molecule has 3 aromatic carbocycles. The van der Waals surface area contributed by atoms with Gasteiger partial charge in [0.15, 0.2) is 5.82 Å². The summed E-state index contributed by atoms with van der Waals surface area (Å²) in [4.78, 5) is 37.0. The van der Waals surface area contributed by atoms with Crippen LogP contribution in [0.3, 0.4) is 0 Å². The van der Waals surface area contributed by atoms with Gasteiger partial charge in [-0.05, 0) is 42.0 Å². The quantitative estimate of drug-likeness (QED) is 0.135. The lowest BCUT2D eigenvalue weighted by Crippen LogP contribution is -2.30. The molecule has 0 heterocycles. The maximum atomic E-state index is 14.8. The topological polar surface area (TPSA) is 87.3 Å². The number of rotatable bonds is 6. The minimum absolute atomic E-state index is 0.0588. The van der Waals surface area contributed by atoms with Crippen molar-refractivity contribution in [2.24, 2.45) is 5.92 Å². The third kappa shape index (κ3) is 6.74. The van der Waals surface area contributed by atoms with Crippen molar-refractivity contribution in [3.63, 3.8) is 0 Å². The van der Waals surface area contributed by atoms with Crippen LogP contribution in [0.5, 0.6) is 0 Å². The molecular weight excluding hydrogens is 717 g/mol. The van der Waals surface area contributed by atoms with Gasteiger partial charge in [0.05, 0.1) is 37.3 Å². The van der Waals surface area contributed by atoms with Crippen molar-refractivity contribution in [2.75, 3.05) is 16.0 Å². The summed E-state index contributed by atoms with van der Waals surface area (Å²) in [5.41, 5.74) is -3.14. The van der Waals surface area contributed by atoms with Crippen LogP contribution in [0, 0.1) is 23.4 Å². The number of halogens is 12. The molecule has 0 unspecified atom stereocenters. The first kappa shape index (κ1) is 33.3. The van der Waals surface area contributed by atoms with Crippen LogP contribution in [0.2, 0.25) is 20.1 Å². The molecule has 3 amide bonds. The van der Waals surface area contributed by atoms with E-state index in [0.717, 1.165) is 12.1 Å². The number of carbonyl (C=O) groups excluding carboxylic acids is 3. The Morgan fingerprint density at radius 2 is 1.40 bits per heavy atom. The normalized spacial score (nSPS) is 17.3. The van der Waals surface area contributed by atoms with Crippen LogP contribution in [0.15, 0.2) is 36.4 Å². The van der Waals surface area contributed by atoms with Crippen molar-refractivity contribution in [3.8, 4) is 0 Å². The fraction of sp³-hybridized carbons (Fsp3) is 0.160. The van der Waals surface area contributed by atoms with Gasteiger partial charge in [-0.3, -0.25) is 14.4 Å². The second kappa shape index (κ2) is 12.1. The third-order valence-corrected chi connectivity index (χ3v) is 8.60. The Hall–Kier alpha value is -2.61. The van der Waals surface area contributed by atoms with E-state index in [1.165, 1.54) is 17.4 Å². The fourth-order valence-corrected chi connectivity index (χ4v) is 5.64. The van der Waals surface area contributed by atoms with Gasteiger partial charge in [-0.15, -0.1) is 23.2 Å². The van der Waals surface area contributed by atoms with E-state index in [1.807, 2.05) is 0 Å². The molecule has 1 fully saturated rings. The van der Waals surface area contributed by atoms with Gasteiger partial charge in [0.25, 0.3) is 5.91 Å². The number of hydrogen-bond donors (Lipinski definition) is 3. The smallest absolute Gasteiger partial charge is 0.326 e. The fourth-order valence-electron chi connectivity index (χ4n) is 4.01. The number of nitrogens with one attached hydrogen (secondary N) is 3. The zero-order chi connectivity index (χ0) is 32.2. The molecule has 0 radical (unpaired) electrons. The van der Waals surface area contributed by atoms with Gasteiger partial charge in [-0.25, -0.2) is 13.2 Å². The molecule has 0 aliphatic heterocycles. The van der Waals surface area contributed by atoms with E-state index >= 15 is 0 Å². The minimum Gasteiger partial charge on any atom is -0.326 e. The van der Waals surface area contributed by atoms with Crippen LogP contribution in [-0.4, -0.2) is 28.2 Å². The summed E-state index contributed by atoms with van der Waals surface area (Å²) in [7, 11) is 0. The lowest BCUT2D eigenvalue weighted by atomic mass is 10.1. The number of hydrogen-bond acceptors (Lipinski definition) is 3. The second-order valence-corrected chi connectivity index (χ2v) is 11.9. The molecule has 3 aromatic rings. The first-order valence-corrected chi connectivity index (χ1v) is 13.6. The maximum Gasteiger partial charge on any atom is 0.471 e. The number of alkyl halides is 5. The van der Waals surface area contributed by atoms with Gasteiger partial charge in [0, 0.05) is 11.6 Å². The van der Waals surface area contributed by atoms with E-state index in [4.69, 9.17) is 69.6 Å². The molecule has 0 aromatic heterocycles. The maximum absolute atomic E-state index is 14.8. The highest BCUT2D eigenvalue weighted by Crippen LogP contribution is 2.65. The van der Waals surface area contributed by atoms with Crippen LogP contribution in [0.4, 0.5) is 43.4 Å². The molecule has 228 valence electrons. The van der Waals surface area contributed by atoms with Gasteiger partial charge >= 0.3 is 12.1 Å². The predicted molar refractivity (Wildman–Crippen MR) is 151 cm³/mol. The molecule has 1 aliphatic carbocycles. The Bertz CT molecular complexity index is 1660.